The molecule has 0 saturated heterocycles. The molecule has 0 aliphatic carbocycles. The minimum Gasteiger partial charge on any atom is -0.324 e. The monoisotopic (exact) mass is 380 g/mol. The number of carbonyl (C=O) groups is 1. The number of anilines is 1. The molecular weight excluding hydrogens is 372 g/mol. The molecule has 1 N–H and O–H groups in total. The molecule has 3 nitrogen and oxygen atoms in total. The van der Waals surface area contributed by atoms with E-state index in [1.807, 2.05) is 0 Å². The Balaban J connectivity index is 2.04. The van der Waals surface area contributed by atoms with Crippen molar-refractivity contribution in [1.82, 2.24) is 4.98 Å². The molecule has 122 valence electrons. The summed E-state index contributed by atoms with van der Waals surface area (Å²) in [6.45, 7) is 0. The fourth-order valence-electron chi connectivity index (χ4n) is 1.60. The van der Waals surface area contributed by atoms with Crippen LogP contribution in [0.25, 0.3) is 0 Å². The van der Waals surface area contributed by atoms with Gasteiger partial charge in [0.1, 0.15) is 5.03 Å². The number of alkyl halides is 3. The molecular formula is C14H9Cl2F3N2OS. The summed E-state index contributed by atoms with van der Waals surface area (Å²) in [5.74, 6) is -0.582. The van der Waals surface area contributed by atoms with Gasteiger partial charge in [-0.2, -0.15) is 13.2 Å². The lowest BCUT2D eigenvalue weighted by Crippen LogP contribution is -2.15. The molecule has 1 amide bonds. The predicted octanol–water partition coefficient (Wildman–Crippen LogP) is 5.14. The zero-order chi connectivity index (χ0) is 17.0. The number of pyridine rings is 1. The molecule has 0 radical (unpaired) electrons. The van der Waals surface area contributed by atoms with Gasteiger partial charge >= 0.3 is 6.18 Å². The van der Waals surface area contributed by atoms with Crippen LogP contribution in [0.3, 0.4) is 0 Å². The van der Waals surface area contributed by atoms with Crippen LogP contribution in [0.5, 0.6) is 0 Å². The number of amides is 1. The number of benzene rings is 1. The van der Waals surface area contributed by atoms with Gasteiger partial charge in [0.05, 0.1) is 27.0 Å². The summed E-state index contributed by atoms with van der Waals surface area (Å²) >= 11 is 12.8. The average molecular weight is 381 g/mol. The molecule has 0 saturated carbocycles. The summed E-state index contributed by atoms with van der Waals surface area (Å²) < 4.78 is 38.0. The van der Waals surface area contributed by atoms with Crippen molar-refractivity contribution in [3.05, 3.63) is 52.1 Å². The van der Waals surface area contributed by atoms with Crippen molar-refractivity contribution in [1.29, 1.82) is 0 Å². The van der Waals surface area contributed by atoms with Crippen LogP contribution >= 0.6 is 35.0 Å². The molecule has 0 aliphatic rings. The molecule has 0 aliphatic heterocycles. The van der Waals surface area contributed by atoms with Crippen LogP contribution in [0.4, 0.5) is 18.9 Å². The van der Waals surface area contributed by atoms with Crippen LogP contribution in [-0.2, 0) is 11.0 Å². The summed E-state index contributed by atoms with van der Waals surface area (Å²) in [5.41, 5.74) is -0.989. The van der Waals surface area contributed by atoms with Crippen molar-refractivity contribution in [3.63, 3.8) is 0 Å². The van der Waals surface area contributed by atoms with Crippen molar-refractivity contribution >= 4 is 46.6 Å². The van der Waals surface area contributed by atoms with E-state index in [1.165, 1.54) is 6.20 Å². The first-order valence-electron chi connectivity index (χ1n) is 6.17. The van der Waals surface area contributed by atoms with Crippen LogP contribution in [-0.4, -0.2) is 16.6 Å². The van der Waals surface area contributed by atoms with E-state index in [2.05, 4.69) is 10.3 Å². The highest BCUT2D eigenvalue weighted by atomic mass is 35.5. The molecule has 0 fully saturated rings. The Bertz CT molecular complexity index is 725. The van der Waals surface area contributed by atoms with E-state index in [0.717, 1.165) is 30.0 Å². The molecule has 9 heteroatoms. The Hall–Kier alpha value is -1.44. The Kier molecular flexibility index (Phi) is 5.78. The molecule has 0 bridgehead atoms. The summed E-state index contributed by atoms with van der Waals surface area (Å²) in [5, 5.41) is 3.22. The highest BCUT2D eigenvalue weighted by Crippen LogP contribution is 2.34. The summed E-state index contributed by atoms with van der Waals surface area (Å²) in [6, 6.07) is 6.00. The first-order valence-corrected chi connectivity index (χ1v) is 7.91. The Labute approximate surface area is 144 Å². The van der Waals surface area contributed by atoms with Gasteiger partial charge < -0.3 is 5.32 Å². The number of nitrogens with zero attached hydrogens (tertiary/aromatic N) is 1. The highest BCUT2D eigenvalue weighted by molar-refractivity contribution is 8.00. The molecule has 2 rings (SSSR count). The van der Waals surface area contributed by atoms with Crippen LogP contribution < -0.4 is 5.32 Å². The third-order valence-electron chi connectivity index (χ3n) is 2.63. The van der Waals surface area contributed by atoms with Crippen LogP contribution in [0, 0.1) is 0 Å². The second kappa shape index (κ2) is 7.42. The smallest absolute Gasteiger partial charge is 0.324 e. The van der Waals surface area contributed by atoms with Gasteiger partial charge in [-0.15, -0.1) is 0 Å². The van der Waals surface area contributed by atoms with Crippen LogP contribution in [0.15, 0.2) is 41.6 Å². The first-order chi connectivity index (χ1) is 10.8. The van der Waals surface area contributed by atoms with Crippen molar-refractivity contribution in [2.24, 2.45) is 0 Å². The largest absolute Gasteiger partial charge is 0.416 e. The number of aromatic nitrogens is 1. The third kappa shape index (κ3) is 5.02. The molecule has 0 spiro atoms. The van der Waals surface area contributed by atoms with Gasteiger partial charge in [0.2, 0.25) is 5.91 Å². The van der Waals surface area contributed by atoms with E-state index in [0.29, 0.717) is 10.0 Å². The number of thioether (sulfide) groups is 1. The topological polar surface area (TPSA) is 42.0 Å². The van der Waals surface area contributed by atoms with Crippen molar-refractivity contribution < 1.29 is 18.0 Å². The van der Waals surface area contributed by atoms with Crippen molar-refractivity contribution in [3.8, 4) is 0 Å². The maximum absolute atomic E-state index is 12.7. The van der Waals surface area contributed by atoms with Gasteiger partial charge in [0, 0.05) is 6.20 Å². The fraction of sp³-hybridized carbons (Fsp3) is 0.143. The minimum atomic E-state index is -4.51. The quantitative estimate of drug-likeness (QED) is 0.746. The molecule has 2 aromatic rings. The Morgan fingerprint density at radius 1 is 1.22 bits per heavy atom. The molecule has 0 atom stereocenters. The zero-order valence-electron chi connectivity index (χ0n) is 11.3. The summed E-state index contributed by atoms with van der Waals surface area (Å²) in [6.07, 6.45) is -2.99. The molecule has 1 aromatic heterocycles. The number of halogens is 5. The van der Waals surface area contributed by atoms with E-state index >= 15 is 0 Å². The molecule has 1 aromatic carbocycles. The van der Waals surface area contributed by atoms with E-state index in [4.69, 9.17) is 23.2 Å². The van der Waals surface area contributed by atoms with E-state index < -0.39 is 17.6 Å². The van der Waals surface area contributed by atoms with Gasteiger partial charge in [-0.3, -0.25) is 4.79 Å². The first kappa shape index (κ1) is 17.9. The second-order valence-corrected chi connectivity index (χ2v) is 6.10. The number of nitrogens with one attached hydrogen (secondary N) is 1. The van der Waals surface area contributed by atoms with Crippen molar-refractivity contribution in [2.45, 2.75) is 11.2 Å². The van der Waals surface area contributed by atoms with Crippen LogP contribution in [0.1, 0.15) is 5.56 Å². The fourth-order valence-corrected chi connectivity index (χ4v) is 2.73. The van der Waals surface area contributed by atoms with E-state index in [9.17, 15) is 18.0 Å². The predicted molar refractivity (Wildman–Crippen MR) is 85.1 cm³/mol. The third-order valence-corrected chi connectivity index (χ3v) is 4.38. The zero-order valence-corrected chi connectivity index (χ0v) is 13.7. The number of hydrogen-bond donors (Lipinski definition) is 1. The average Bonchev–Trinajstić information content (AvgIpc) is 2.47. The van der Waals surface area contributed by atoms with Gasteiger partial charge in [-0.25, -0.2) is 4.98 Å². The maximum atomic E-state index is 12.7. The standard InChI is InChI=1S/C14H9Cl2F3N2OS/c15-9-4-3-8(14(17,18)19)6-11(9)21-12(22)7-23-13-10(16)2-1-5-20-13/h1-6H,7H2,(H,21,22). The van der Waals surface area contributed by atoms with Gasteiger partial charge in [0.25, 0.3) is 0 Å². The van der Waals surface area contributed by atoms with E-state index in [-0.39, 0.29) is 16.5 Å². The van der Waals surface area contributed by atoms with E-state index in [1.54, 1.807) is 12.1 Å². The van der Waals surface area contributed by atoms with Crippen molar-refractivity contribution in [2.75, 3.05) is 11.1 Å². The highest BCUT2D eigenvalue weighted by Gasteiger charge is 2.31. The molecule has 1 heterocycles. The number of hydrogen-bond acceptors (Lipinski definition) is 3. The maximum Gasteiger partial charge on any atom is 0.416 e. The number of carbonyl (C=O) groups excluding carboxylic acids is 1. The van der Waals surface area contributed by atoms with Crippen LogP contribution in [0.2, 0.25) is 10.0 Å². The second-order valence-electron chi connectivity index (χ2n) is 4.32. The Morgan fingerprint density at radius 3 is 2.61 bits per heavy atom. The summed E-state index contributed by atoms with van der Waals surface area (Å²) in [7, 11) is 0. The number of rotatable bonds is 4. The summed E-state index contributed by atoms with van der Waals surface area (Å²) in [4.78, 5) is 15.9. The SMILES string of the molecule is O=C(CSc1ncccc1Cl)Nc1cc(C(F)(F)F)ccc1Cl. The van der Waals surface area contributed by atoms with Gasteiger partial charge in [0.15, 0.2) is 0 Å². The molecule has 0 unspecified atom stereocenters. The van der Waals surface area contributed by atoms with Gasteiger partial charge in [-0.05, 0) is 30.3 Å². The lowest BCUT2D eigenvalue weighted by Gasteiger charge is -2.11. The van der Waals surface area contributed by atoms with Gasteiger partial charge in [-0.1, -0.05) is 35.0 Å². The minimum absolute atomic E-state index is 0.0206. The normalized spacial score (nSPS) is 11.3. The lowest BCUT2D eigenvalue weighted by atomic mass is 10.2. The lowest BCUT2D eigenvalue weighted by molar-refractivity contribution is -0.137. The Morgan fingerprint density at radius 2 is 1.96 bits per heavy atom. The molecule has 23 heavy (non-hydrogen) atoms.